The third kappa shape index (κ3) is 4.18. The van der Waals surface area contributed by atoms with Crippen molar-refractivity contribution in [3.8, 4) is 11.1 Å². The summed E-state index contributed by atoms with van der Waals surface area (Å²) in [5.41, 5.74) is 4.20. The van der Waals surface area contributed by atoms with Gasteiger partial charge in [0.05, 0.1) is 19.8 Å². The summed E-state index contributed by atoms with van der Waals surface area (Å²) < 4.78 is 5.32. The third-order valence-corrected chi connectivity index (χ3v) is 4.00. The van der Waals surface area contributed by atoms with Gasteiger partial charge in [-0.15, -0.1) is 0 Å². The van der Waals surface area contributed by atoms with Crippen LogP contribution in [0.5, 0.6) is 0 Å². The van der Waals surface area contributed by atoms with Crippen LogP contribution in [-0.4, -0.2) is 43.7 Å². The number of morpholine rings is 1. The van der Waals surface area contributed by atoms with E-state index in [9.17, 15) is 4.79 Å². The molecule has 0 aromatic heterocycles. The van der Waals surface area contributed by atoms with Gasteiger partial charge in [0.2, 0.25) is 5.91 Å². The molecule has 0 atom stereocenters. The Morgan fingerprint density at radius 2 is 1.87 bits per heavy atom. The first-order valence-electron chi connectivity index (χ1n) is 7.98. The summed E-state index contributed by atoms with van der Waals surface area (Å²) >= 11 is 0. The van der Waals surface area contributed by atoms with Crippen LogP contribution in [0.25, 0.3) is 11.1 Å². The Morgan fingerprint density at radius 3 is 2.61 bits per heavy atom. The van der Waals surface area contributed by atoms with Crippen LogP contribution in [-0.2, 0) is 9.53 Å². The first-order chi connectivity index (χ1) is 11.2. The van der Waals surface area contributed by atoms with Crippen molar-refractivity contribution in [2.45, 2.75) is 6.92 Å². The molecule has 0 spiro atoms. The highest BCUT2D eigenvalue weighted by Crippen LogP contribution is 2.29. The van der Waals surface area contributed by atoms with Gasteiger partial charge in [-0.05, 0) is 24.6 Å². The Balaban J connectivity index is 1.75. The van der Waals surface area contributed by atoms with E-state index in [2.05, 4.69) is 35.3 Å². The molecule has 2 aromatic carbocycles. The normalized spacial score (nSPS) is 15.3. The molecule has 4 heteroatoms. The topological polar surface area (TPSA) is 41.6 Å². The minimum absolute atomic E-state index is 0.0212. The van der Waals surface area contributed by atoms with Crippen LogP contribution >= 0.6 is 0 Å². The Bertz CT molecular complexity index is 664. The third-order valence-electron chi connectivity index (χ3n) is 4.00. The van der Waals surface area contributed by atoms with Gasteiger partial charge in [-0.3, -0.25) is 9.69 Å². The lowest BCUT2D eigenvalue weighted by atomic mass is 10.0. The Hall–Kier alpha value is -2.17. The van der Waals surface area contributed by atoms with E-state index in [1.807, 2.05) is 30.3 Å². The van der Waals surface area contributed by atoms with Gasteiger partial charge >= 0.3 is 0 Å². The zero-order valence-corrected chi connectivity index (χ0v) is 13.4. The van der Waals surface area contributed by atoms with E-state index in [1.165, 1.54) is 5.56 Å². The van der Waals surface area contributed by atoms with Crippen molar-refractivity contribution >= 4 is 11.6 Å². The minimum atomic E-state index is 0.0212. The zero-order valence-electron chi connectivity index (χ0n) is 13.4. The number of carbonyl (C=O) groups is 1. The minimum Gasteiger partial charge on any atom is -0.379 e. The number of anilines is 1. The number of rotatable bonds is 4. The molecule has 1 saturated heterocycles. The maximum atomic E-state index is 12.4. The van der Waals surface area contributed by atoms with Crippen molar-refractivity contribution in [1.29, 1.82) is 0 Å². The molecule has 0 unspecified atom stereocenters. The quantitative estimate of drug-likeness (QED) is 0.944. The van der Waals surface area contributed by atoms with Crippen molar-refractivity contribution in [3.63, 3.8) is 0 Å². The van der Waals surface area contributed by atoms with Crippen LogP contribution in [0.3, 0.4) is 0 Å². The summed E-state index contributed by atoms with van der Waals surface area (Å²) in [6.45, 7) is 5.50. The zero-order chi connectivity index (χ0) is 16.1. The number of hydrogen-bond donors (Lipinski definition) is 1. The number of hydrogen-bond acceptors (Lipinski definition) is 3. The number of carbonyl (C=O) groups excluding carboxylic acids is 1. The largest absolute Gasteiger partial charge is 0.379 e. The highest BCUT2D eigenvalue weighted by atomic mass is 16.5. The maximum absolute atomic E-state index is 12.4. The monoisotopic (exact) mass is 310 g/mol. The molecule has 3 rings (SSSR count). The molecule has 1 aliphatic rings. The van der Waals surface area contributed by atoms with Gasteiger partial charge in [-0.1, -0.05) is 42.0 Å². The van der Waals surface area contributed by atoms with Gasteiger partial charge in [0.1, 0.15) is 0 Å². The lowest BCUT2D eigenvalue weighted by Crippen LogP contribution is -2.41. The standard InChI is InChI=1S/C19H22N2O2/c1-15-7-8-18(17(13-15)16-5-3-2-4-6-16)20-19(22)14-21-9-11-23-12-10-21/h2-8,13H,9-12,14H2,1H3,(H,20,22). The number of nitrogens with one attached hydrogen (secondary N) is 1. The number of aryl methyl sites for hydroxylation is 1. The van der Waals surface area contributed by atoms with Gasteiger partial charge in [0.15, 0.2) is 0 Å². The number of ether oxygens (including phenoxy) is 1. The molecule has 1 amide bonds. The van der Waals surface area contributed by atoms with Gasteiger partial charge in [0, 0.05) is 24.3 Å². The summed E-state index contributed by atoms with van der Waals surface area (Å²) in [5, 5.41) is 3.06. The van der Waals surface area contributed by atoms with E-state index >= 15 is 0 Å². The molecule has 120 valence electrons. The van der Waals surface area contributed by atoms with Crippen LogP contribution in [0.2, 0.25) is 0 Å². The lowest BCUT2D eigenvalue weighted by molar-refractivity contribution is -0.118. The maximum Gasteiger partial charge on any atom is 0.238 e. The molecule has 4 nitrogen and oxygen atoms in total. The molecule has 0 aliphatic carbocycles. The van der Waals surface area contributed by atoms with Crippen molar-refractivity contribution in [1.82, 2.24) is 4.90 Å². The Kier molecular flexibility index (Phi) is 5.05. The molecule has 0 saturated carbocycles. The molecule has 0 bridgehead atoms. The number of benzene rings is 2. The second kappa shape index (κ2) is 7.40. The molecular formula is C19H22N2O2. The predicted octanol–water partition coefficient (Wildman–Crippen LogP) is 2.93. The van der Waals surface area contributed by atoms with Gasteiger partial charge in [0.25, 0.3) is 0 Å². The molecule has 23 heavy (non-hydrogen) atoms. The smallest absolute Gasteiger partial charge is 0.238 e. The molecular weight excluding hydrogens is 288 g/mol. The van der Waals surface area contributed by atoms with Crippen LogP contribution in [0.1, 0.15) is 5.56 Å². The summed E-state index contributed by atoms with van der Waals surface area (Å²) in [5.74, 6) is 0.0212. The Morgan fingerprint density at radius 1 is 1.13 bits per heavy atom. The fraction of sp³-hybridized carbons (Fsp3) is 0.316. The molecule has 1 N–H and O–H groups in total. The van der Waals surface area contributed by atoms with Crippen LogP contribution in [0.15, 0.2) is 48.5 Å². The average molecular weight is 310 g/mol. The molecule has 2 aromatic rings. The van der Waals surface area contributed by atoms with Crippen molar-refractivity contribution in [3.05, 3.63) is 54.1 Å². The highest BCUT2D eigenvalue weighted by molar-refractivity contribution is 5.96. The van der Waals surface area contributed by atoms with E-state index in [1.54, 1.807) is 0 Å². The second-order valence-corrected chi connectivity index (χ2v) is 5.85. The summed E-state index contributed by atoms with van der Waals surface area (Å²) in [6, 6.07) is 16.3. The van der Waals surface area contributed by atoms with E-state index in [-0.39, 0.29) is 5.91 Å². The van der Waals surface area contributed by atoms with Crippen LogP contribution in [0.4, 0.5) is 5.69 Å². The van der Waals surface area contributed by atoms with Crippen molar-refractivity contribution < 1.29 is 9.53 Å². The van der Waals surface area contributed by atoms with Gasteiger partial charge in [-0.2, -0.15) is 0 Å². The predicted molar refractivity (Wildman–Crippen MR) is 92.5 cm³/mol. The molecule has 1 aliphatic heterocycles. The van der Waals surface area contributed by atoms with Gasteiger partial charge in [-0.25, -0.2) is 0 Å². The summed E-state index contributed by atoms with van der Waals surface area (Å²) in [7, 11) is 0. The first kappa shape index (κ1) is 15.7. The van der Waals surface area contributed by atoms with Crippen molar-refractivity contribution in [2.75, 3.05) is 38.2 Å². The SMILES string of the molecule is Cc1ccc(NC(=O)CN2CCOCC2)c(-c2ccccc2)c1. The fourth-order valence-corrected chi connectivity index (χ4v) is 2.78. The van der Waals surface area contributed by atoms with Gasteiger partial charge < -0.3 is 10.1 Å². The average Bonchev–Trinajstić information content (AvgIpc) is 2.58. The van der Waals surface area contributed by atoms with E-state index in [0.717, 1.165) is 29.9 Å². The van der Waals surface area contributed by atoms with E-state index in [4.69, 9.17) is 4.74 Å². The summed E-state index contributed by atoms with van der Waals surface area (Å²) in [4.78, 5) is 14.5. The Labute approximate surface area is 137 Å². The molecule has 1 fully saturated rings. The highest BCUT2D eigenvalue weighted by Gasteiger charge is 2.15. The molecule has 0 radical (unpaired) electrons. The second-order valence-electron chi connectivity index (χ2n) is 5.85. The van der Waals surface area contributed by atoms with E-state index in [0.29, 0.717) is 19.8 Å². The lowest BCUT2D eigenvalue weighted by Gasteiger charge is -2.26. The molecule has 1 heterocycles. The van der Waals surface area contributed by atoms with Crippen molar-refractivity contribution in [2.24, 2.45) is 0 Å². The van der Waals surface area contributed by atoms with Crippen LogP contribution < -0.4 is 5.32 Å². The number of nitrogens with zero attached hydrogens (tertiary/aromatic N) is 1. The van der Waals surface area contributed by atoms with Crippen LogP contribution in [0, 0.1) is 6.92 Å². The summed E-state index contributed by atoms with van der Waals surface area (Å²) in [6.07, 6.45) is 0. The van der Waals surface area contributed by atoms with E-state index < -0.39 is 0 Å². The first-order valence-corrected chi connectivity index (χ1v) is 7.98. The fourth-order valence-electron chi connectivity index (χ4n) is 2.78. The number of amides is 1.